The van der Waals surface area contributed by atoms with Crippen molar-refractivity contribution in [3.05, 3.63) is 0 Å². The van der Waals surface area contributed by atoms with Crippen LogP contribution in [0.15, 0.2) is 0 Å². The van der Waals surface area contributed by atoms with Gasteiger partial charge in [0.05, 0.1) is 0 Å². The van der Waals surface area contributed by atoms with E-state index < -0.39 is 0 Å². The van der Waals surface area contributed by atoms with Gasteiger partial charge < -0.3 is 10.2 Å². The molecule has 0 radical (unpaired) electrons. The third-order valence-corrected chi connectivity index (χ3v) is 4.19. The van der Waals surface area contributed by atoms with Crippen molar-refractivity contribution in [2.24, 2.45) is 17.3 Å². The van der Waals surface area contributed by atoms with Crippen LogP contribution < -0.4 is 5.32 Å². The SMILES string of the molecule is CCC(C)CN1C(=O)C(CC(C)C)NC(=O)C1C(C)(C)C. The number of carbonyl (C=O) groups is 2. The normalized spacial score (nSPS) is 25.2. The molecule has 0 aliphatic carbocycles. The smallest absolute Gasteiger partial charge is 0.245 e. The Kier molecular flexibility index (Phi) is 5.83. The Balaban J connectivity index is 3.05. The number of hydrogen-bond donors (Lipinski definition) is 1. The molecule has 0 bridgehead atoms. The van der Waals surface area contributed by atoms with E-state index in [1.54, 1.807) is 0 Å². The van der Waals surface area contributed by atoms with Crippen molar-refractivity contribution in [3.8, 4) is 0 Å². The lowest BCUT2D eigenvalue weighted by Gasteiger charge is -2.45. The minimum absolute atomic E-state index is 0.00365. The highest BCUT2D eigenvalue weighted by atomic mass is 16.2. The number of hydrogen-bond acceptors (Lipinski definition) is 2. The summed E-state index contributed by atoms with van der Waals surface area (Å²) in [5.41, 5.74) is -0.254. The topological polar surface area (TPSA) is 49.4 Å². The third kappa shape index (κ3) is 4.45. The van der Waals surface area contributed by atoms with E-state index in [-0.39, 0.29) is 29.3 Å². The summed E-state index contributed by atoms with van der Waals surface area (Å²) < 4.78 is 0. The van der Waals surface area contributed by atoms with Crippen LogP contribution in [0, 0.1) is 17.3 Å². The fourth-order valence-corrected chi connectivity index (χ4v) is 2.93. The summed E-state index contributed by atoms with van der Waals surface area (Å²) in [6.07, 6.45) is 1.72. The van der Waals surface area contributed by atoms with E-state index in [2.05, 4.69) is 33.0 Å². The Bertz CT molecular complexity index is 385. The Morgan fingerprint density at radius 2 is 1.76 bits per heavy atom. The second-order valence-corrected chi connectivity index (χ2v) is 7.96. The summed E-state index contributed by atoms with van der Waals surface area (Å²) in [7, 11) is 0. The summed E-state index contributed by atoms with van der Waals surface area (Å²) in [6.45, 7) is 15.2. The van der Waals surface area contributed by atoms with Crippen LogP contribution in [0.5, 0.6) is 0 Å². The number of carbonyl (C=O) groups excluding carboxylic acids is 2. The van der Waals surface area contributed by atoms with Gasteiger partial charge in [-0.1, -0.05) is 54.9 Å². The van der Waals surface area contributed by atoms with Crippen LogP contribution in [0.3, 0.4) is 0 Å². The van der Waals surface area contributed by atoms with Gasteiger partial charge in [-0.25, -0.2) is 0 Å². The molecule has 1 heterocycles. The van der Waals surface area contributed by atoms with Gasteiger partial charge in [-0.2, -0.15) is 0 Å². The number of piperazine rings is 1. The number of rotatable bonds is 5. The zero-order chi connectivity index (χ0) is 16.4. The van der Waals surface area contributed by atoms with Gasteiger partial charge in [-0.15, -0.1) is 0 Å². The summed E-state index contributed by atoms with van der Waals surface area (Å²) in [6, 6.07) is -0.734. The molecule has 4 nitrogen and oxygen atoms in total. The average molecular weight is 296 g/mol. The fraction of sp³-hybridized carbons (Fsp3) is 0.882. The molecule has 3 atom stereocenters. The Morgan fingerprint density at radius 1 is 1.19 bits per heavy atom. The van der Waals surface area contributed by atoms with E-state index in [4.69, 9.17) is 0 Å². The zero-order valence-electron chi connectivity index (χ0n) is 14.7. The van der Waals surface area contributed by atoms with Crippen LogP contribution in [0.4, 0.5) is 0 Å². The van der Waals surface area contributed by atoms with Crippen molar-refractivity contribution in [3.63, 3.8) is 0 Å². The minimum Gasteiger partial charge on any atom is -0.342 e. The molecule has 2 amide bonds. The van der Waals surface area contributed by atoms with Crippen molar-refractivity contribution in [1.29, 1.82) is 0 Å². The highest BCUT2D eigenvalue weighted by molar-refractivity contribution is 5.97. The van der Waals surface area contributed by atoms with Crippen LogP contribution in [0.25, 0.3) is 0 Å². The molecular formula is C17H32N2O2. The first-order valence-electron chi connectivity index (χ1n) is 8.18. The molecule has 1 fully saturated rings. The lowest BCUT2D eigenvalue weighted by molar-refractivity contribution is -0.155. The van der Waals surface area contributed by atoms with E-state index in [1.807, 2.05) is 25.7 Å². The molecule has 0 aromatic carbocycles. The number of nitrogens with zero attached hydrogens (tertiary/aromatic N) is 1. The van der Waals surface area contributed by atoms with Crippen LogP contribution in [-0.2, 0) is 9.59 Å². The maximum atomic E-state index is 12.8. The van der Waals surface area contributed by atoms with Gasteiger partial charge in [-0.05, 0) is 23.7 Å². The molecule has 0 aromatic heterocycles. The lowest BCUT2D eigenvalue weighted by atomic mass is 9.82. The molecule has 3 unspecified atom stereocenters. The van der Waals surface area contributed by atoms with Crippen LogP contribution >= 0.6 is 0 Å². The van der Waals surface area contributed by atoms with Crippen LogP contribution in [0.1, 0.15) is 61.3 Å². The molecule has 4 heteroatoms. The van der Waals surface area contributed by atoms with Crippen LogP contribution in [0.2, 0.25) is 0 Å². The zero-order valence-corrected chi connectivity index (χ0v) is 14.7. The number of nitrogens with one attached hydrogen (secondary N) is 1. The quantitative estimate of drug-likeness (QED) is 0.848. The average Bonchev–Trinajstić information content (AvgIpc) is 2.32. The first kappa shape index (κ1) is 18.0. The van der Waals surface area contributed by atoms with Gasteiger partial charge >= 0.3 is 0 Å². The first-order valence-corrected chi connectivity index (χ1v) is 8.18. The summed E-state index contributed by atoms with van der Waals surface area (Å²) in [5, 5.41) is 2.95. The number of amides is 2. The van der Waals surface area contributed by atoms with Gasteiger partial charge in [0.15, 0.2) is 0 Å². The maximum absolute atomic E-state index is 12.8. The summed E-state index contributed by atoms with van der Waals surface area (Å²) in [5.74, 6) is 0.875. The molecule has 1 aliphatic heterocycles. The van der Waals surface area contributed by atoms with E-state index in [0.717, 1.165) is 6.42 Å². The second-order valence-electron chi connectivity index (χ2n) is 7.96. The highest BCUT2D eigenvalue weighted by Gasteiger charge is 2.46. The lowest BCUT2D eigenvalue weighted by Crippen LogP contribution is -2.67. The van der Waals surface area contributed by atoms with E-state index in [1.165, 1.54) is 0 Å². The van der Waals surface area contributed by atoms with Crippen molar-refractivity contribution < 1.29 is 9.59 Å². The highest BCUT2D eigenvalue weighted by Crippen LogP contribution is 2.29. The Labute approximate surface area is 129 Å². The third-order valence-electron chi connectivity index (χ3n) is 4.19. The standard InChI is InChI=1S/C17H32N2O2/c1-8-12(4)10-19-14(17(5,6)7)15(20)18-13(16(19)21)9-11(2)3/h11-14H,8-10H2,1-7H3,(H,18,20). The minimum atomic E-state index is -0.373. The first-order chi connectivity index (χ1) is 9.57. The molecule has 0 aromatic rings. The molecule has 1 N–H and O–H groups in total. The predicted octanol–water partition coefficient (Wildman–Crippen LogP) is 2.82. The van der Waals surface area contributed by atoms with E-state index in [9.17, 15) is 9.59 Å². The molecule has 1 aliphatic rings. The van der Waals surface area contributed by atoms with Crippen molar-refractivity contribution in [2.45, 2.75) is 73.4 Å². The van der Waals surface area contributed by atoms with Gasteiger partial charge in [0.1, 0.15) is 12.1 Å². The molecular weight excluding hydrogens is 264 g/mol. The second kappa shape index (κ2) is 6.80. The van der Waals surface area contributed by atoms with Gasteiger partial charge in [0, 0.05) is 6.54 Å². The van der Waals surface area contributed by atoms with Gasteiger partial charge in [-0.3, -0.25) is 9.59 Å². The van der Waals surface area contributed by atoms with Gasteiger partial charge in [0.2, 0.25) is 11.8 Å². The summed E-state index contributed by atoms with van der Waals surface area (Å²) in [4.78, 5) is 27.2. The molecule has 0 spiro atoms. The predicted molar refractivity (Wildman–Crippen MR) is 85.8 cm³/mol. The Hall–Kier alpha value is -1.06. The van der Waals surface area contributed by atoms with E-state index in [0.29, 0.717) is 24.8 Å². The fourth-order valence-electron chi connectivity index (χ4n) is 2.93. The molecule has 1 rings (SSSR count). The largest absolute Gasteiger partial charge is 0.342 e. The molecule has 0 saturated carbocycles. The van der Waals surface area contributed by atoms with Crippen LogP contribution in [-0.4, -0.2) is 35.3 Å². The Morgan fingerprint density at radius 3 is 2.19 bits per heavy atom. The molecule has 1 saturated heterocycles. The summed E-state index contributed by atoms with van der Waals surface area (Å²) >= 11 is 0. The van der Waals surface area contributed by atoms with Crippen molar-refractivity contribution in [2.75, 3.05) is 6.54 Å². The van der Waals surface area contributed by atoms with Crippen molar-refractivity contribution in [1.82, 2.24) is 10.2 Å². The molecule has 122 valence electrons. The van der Waals surface area contributed by atoms with E-state index >= 15 is 0 Å². The van der Waals surface area contributed by atoms with Gasteiger partial charge in [0.25, 0.3) is 0 Å². The maximum Gasteiger partial charge on any atom is 0.245 e. The monoisotopic (exact) mass is 296 g/mol. The van der Waals surface area contributed by atoms with Crippen molar-refractivity contribution >= 4 is 11.8 Å². The molecule has 21 heavy (non-hydrogen) atoms.